The zero-order valence-corrected chi connectivity index (χ0v) is 7.70. The Hall–Kier alpha value is -0.150. The van der Waals surface area contributed by atoms with Crippen LogP contribution in [0.4, 0.5) is 0 Å². The third-order valence-corrected chi connectivity index (χ3v) is 2.12. The van der Waals surface area contributed by atoms with Crippen LogP contribution >= 0.6 is 11.6 Å². The minimum atomic E-state index is 0.277. The normalized spacial score (nSPS) is 15.2. The molecule has 58 valence electrons. The van der Waals surface area contributed by atoms with Crippen LogP contribution in [0.25, 0.3) is 0 Å². The summed E-state index contributed by atoms with van der Waals surface area (Å²) in [5, 5.41) is 0.277. The lowest BCUT2D eigenvalue weighted by atomic mass is 10.0. The Balaban J connectivity index is 3.36. The monoisotopic (exact) mass is 158 g/mol. The standard InChI is InChI=1S/C9H15Cl/c1-4-5-6-7-8(2)9(3)10/h8-9H,6-7H2,1-3H3. The summed E-state index contributed by atoms with van der Waals surface area (Å²) in [6.45, 7) is 6.06. The third kappa shape index (κ3) is 4.70. The van der Waals surface area contributed by atoms with E-state index in [1.165, 1.54) is 0 Å². The van der Waals surface area contributed by atoms with Crippen LogP contribution in [0.5, 0.6) is 0 Å². The summed E-state index contributed by atoms with van der Waals surface area (Å²) < 4.78 is 0. The van der Waals surface area contributed by atoms with Gasteiger partial charge in [-0.15, -0.1) is 23.4 Å². The molecule has 0 aliphatic rings. The van der Waals surface area contributed by atoms with Crippen molar-refractivity contribution in [2.24, 2.45) is 5.92 Å². The first-order valence-corrected chi connectivity index (χ1v) is 4.15. The highest BCUT2D eigenvalue weighted by Gasteiger charge is 2.06. The minimum Gasteiger partial charge on any atom is -0.123 e. The summed E-state index contributed by atoms with van der Waals surface area (Å²) in [6, 6.07) is 0. The smallest absolute Gasteiger partial charge is 0.0333 e. The Morgan fingerprint density at radius 1 is 1.40 bits per heavy atom. The van der Waals surface area contributed by atoms with Crippen LogP contribution in [0.15, 0.2) is 0 Å². The molecule has 0 bridgehead atoms. The molecule has 2 unspecified atom stereocenters. The van der Waals surface area contributed by atoms with Crippen molar-refractivity contribution in [1.29, 1.82) is 0 Å². The maximum absolute atomic E-state index is 5.86. The summed E-state index contributed by atoms with van der Waals surface area (Å²) in [4.78, 5) is 0. The van der Waals surface area contributed by atoms with Crippen LogP contribution in [0.3, 0.4) is 0 Å². The lowest BCUT2D eigenvalue weighted by molar-refractivity contribution is 0.532. The molecule has 0 heterocycles. The zero-order valence-electron chi connectivity index (χ0n) is 6.95. The van der Waals surface area contributed by atoms with Gasteiger partial charge >= 0.3 is 0 Å². The van der Waals surface area contributed by atoms with E-state index in [4.69, 9.17) is 11.6 Å². The van der Waals surface area contributed by atoms with Crippen molar-refractivity contribution in [1.82, 2.24) is 0 Å². The van der Waals surface area contributed by atoms with Gasteiger partial charge in [-0.2, -0.15) is 0 Å². The van der Waals surface area contributed by atoms with Gasteiger partial charge in [-0.1, -0.05) is 6.92 Å². The van der Waals surface area contributed by atoms with E-state index in [0.717, 1.165) is 12.8 Å². The van der Waals surface area contributed by atoms with Crippen LogP contribution < -0.4 is 0 Å². The van der Waals surface area contributed by atoms with E-state index < -0.39 is 0 Å². The van der Waals surface area contributed by atoms with Crippen molar-refractivity contribution in [2.45, 2.75) is 39.0 Å². The molecule has 0 radical (unpaired) electrons. The molecule has 0 aliphatic heterocycles. The van der Waals surface area contributed by atoms with E-state index in [0.29, 0.717) is 5.92 Å². The number of hydrogen-bond donors (Lipinski definition) is 0. The Morgan fingerprint density at radius 3 is 2.40 bits per heavy atom. The fraction of sp³-hybridized carbons (Fsp3) is 0.778. The molecule has 0 aliphatic carbocycles. The largest absolute Gasteiger partial charge is 0.123 e. The SMILES string of the molecule is CC#CCCC(C)C(C)Cl. The van der Waals surface area contributed by atoms with Crippen molar-refractivity contribution in [3.8, 4) is 11.8 Å². The molecule has 10 heavy (non-hydrogen) atoms. The second-order valence-electron chi connectivity index (χ2n) is 2.62. The second kappa shape index (κ2) is 5.62. The van der Waals surface area contributed by atoms with Crippen LogP contribution in [-0.4, -0.2) is 5.38 Å². The van der Waals surface area contributed by atoms with Crippen molar-refractivity contribution >= 4 is 11.6 Å². The average Bonchev–Trinajstić information content (AvgIpc) is 1.88. The molecule has 0 spiro atoms. The van der Waals surface area contributed by atoms with E-state index in [1.54, 1.807) is 0 Å². The van der Waals surface area contributed by atoms with E-state index in [1.807, 2.05) is 13.8 Å². The molecule has 2 atom stereocenters. The van der Waals surface area contributed by atoms with Crippen LogP contribution in [-0.2, 0) is 0 Å². The first kappa shape index (κ1) is 9.85. The summed E-state index contributed by atoms with van der Waals surface area (Å²) in [7, 11) is 0. The first-order valence-electron chi connectivity index (χ1n) is 3.72. The Labute approximate surface area is 69.0 Å². The van der Waals surface area contributed by atoms with E-state index in [2.05, 4.69) is 18.8 Å². The van der Waals surface area contributed by atoms with Gasteiger partial charge in [0.2, 0.25) is 0 Å². The van der Waals surface area contributed by atoms with Gasteiger partial charge in [0, 0.05) is 11.8 Å². The number of rotatable bonds is 3. The maximum Gasteiger partial charge on any atom is 0.0333 e. The Kier molecular flexibility index (Phi) is 5.54. The predicted molar refractivity (Wildman–Crippen MR) is 47.2 cm³/mol. The minimum absolute atomic E-state index is 0.277. The second-order valence-corrected chi connectivity index (χ2v) is 3.31. The molecule has 0 aromatic heterocycles. The highest BCUT2D eigenvalue weighted by Crippen LogP contribution is 2.14. The molecule has 0 fully saturated rings. The van der Waals surface area contributed by atoms with Gasteiger partial charge < -0.3 is 0 Å². The van der Waals surface area contributed by atoms with Gasteiger partial charge in [0.15, 0.2) is 0 Å². The van der Waals surface area contributed by atoms with Crippen molar-refractivity contribution in [2.75, 3.05) is 0 Å². The molecule has 0 aromatic rings. The fourth-order valence-electron chi connectivity index (χ4n) is 0.655. The highest BCUT2D eigenvalue weighted by atomic mass is 35.5. The lowest BCUT2D eigenvalue weighted by Crippen LogP contribution is -2.05. The molecule has 0 aromatic carbocycles. The molecular formula is C9H15Cl. The zero-order chi connectivity index (χ0) is 7.98. The first-order chi connectivity index (χ1) is 4.68. The maximum atomic E-state index is 5.86. The number of alkyl halides is 1. The Morgan fingerprint density at radius 2 is 2.00 bits per heavy atom. The summed E-state index contributed by atoms with van der Waals surface area (Å²) in [6.07, 6.45) is 2.10. The molecule has 1 heteroatoms. The molecule has 0 nitrogen and oxygen atoms in total. The molecule has 0 saturated carbocycles. The quantitative estimate of drug-likeness (QED) is 0.438. The molecule has 0 N–H and O–H groups in total. The van der Waals surface area contributed by atoms with Crippen molar-refractivity contribution < 1.29 is 0 Å². The lowest BCUT2D eigenvalue weighted by Gasteiger charge is -2.10. The van der Waals surface area contributed by atoms with Gasteiger partial charge in [-0.05, 0) is 26.2 Å². The van der Waals surface area contributed by atoms with Crippen molar-refractivity contribution in [3.05, 3.63) is 0 Å². The predicted octanol–water partition coefficient (Wildman–Crippen LogP) is 3.05. The van der Waals surface area contributed by atoms with Crippen molar-refractivity contribution in [3.63, 3.8) is 0 Å². The number of halogens is 1. The fourth-order valence-corrected chi connectivity index (χ4v) is 0.780. The van der Waals surface area contributed by atoms with Gasteiger partial charge in [0.1, 0.15) is 0 Å². The molecule has 0 amide bonds. The number of hydrogen-bond acceptors (Lipinski definition) is 0. The average molecular weight is 159 g/mol. The van der Waals surface area contributed by atoms with Crippen LogP contribution in [0.2, 0.25) is 0 Å². The summed E-state index contributed by atoms with van der Waals surface area (Å²) in [5.74, 6) is 6.48. The molecular weight excluding hydrogens is 144 g/mol. The molecule has 0 rings (SSSR count). The van der Waals surface area contributed by atoms with Gasteiger partial charge in [-0.3, -0.25) is 0 Å². The topological polar surface area (TPSA) is 0 Å². The summed E-state index contributed by atoms with van der Waals surface area (Å²) >= 11 is 5.86. The molecule has 0 saturated heterocycles. The highest BCUT2D eigenvalue weighted by molar-refractivity contribution is 6.20. The van der Waals surface area contributed by atoms with Gasteiger partial charge in [-0.25, -0.2) is 0 Å². The van der Waals surface area contributed by atoms with E-state index >= 15 is 0 Å². The Bertz CT molecular complexity index is 127. The van der Waals surface area contributed by atoms with E-state index in [9.17, 15) is 0 Å². The van der Waals surface area contributed by atoms with Crippen LogP contribution in [0.1, 0.15) is 33.6 Å². The van der Waals surface area contributed by atoms with E-state index in [-0.39, 0.29) is 5.38 Å². The van der Waals surface area contributed by atoms with Gasteiger partial charge in [0.05, 0.1) is 0 Å². The van der Waals surface area contributed by atoms with Gasteiger partial charge in [0.25, 0.3) is 0 Å². The summed E-state index contributed by atoms with van der Waals surface area (Å²) in [5.41, 5.74) is 0. The van der Waals surface area contributed by atoms with Crippen LogP contribution in [0, 0.1) is 17.8 Å². The third-order valence-electron chi connectivity index (χ3n) is 1.69.